The fourth-order valence-corrected chi connectivity index (χ4v) is 12.3. The standard InChI is InChI=1S/C41H76N6O4/c1-25-34-20-30(41(34,3)4)21-35(25)45-40(49)38-37(26(2)48)36(22-42)51-47(38)24-28-11-10-13-33(39(28)50-7)29-17-27(18-32(19-29)46(5)6)23-43-16-14-31-12-8-9-15-44-31/h25-39,43-44,48H,8-24,42H2,1-7H3,(H,45,49)/t25-,26-,27?,28?,29?,30+,31?,32?,33?,34-,35?,36-,37+,38-,39?/m0/s1. The predicted octanol–water partition coefficient (Wildman–Crippen LogP) is 4.01. The summed E-state index contributed by atoms with van der Waals surface area (Å²) in [5, 5.41) is 24.0. The minimum absolute atomic E-state index is 0.00940. The summed E-state index contributed by atoms with van der Waals surface area (Å²) in [6.45, 7) is 13.2. The zero-order valence-electron chi connectivity index (χ0n) is 33.3. The van der Waals surface area contributed by atoms with Gasteiger partial charge in [0.2, 0.25) is 5.91 Å². The number of amides is 1. The maximum Gasteiger partial charge on any atom is 0.240 e. The van der Waals surface area contributed by atoms with Gasteiger partial charge in [0, 0.05) is 50.2 Å². The fraction of sp³-hybridized carbons (Fsp3) is 0.976. The number of aliphatic hydroxyl groups excluding tert-OH is 1. The number of nitrogens with zero attached hydrogens (tertiary/aromatic N) is 2. The van der Waals surface area contributed by atoms with Gasteiger partial charge >= 0.3 is 0 Å². The molecule has 15 atom stereocenters. The number of aliphatic hydroxyl groups is 1. The molecule has 5 saturated carbocycles. The summed E-state index contributed by atoms with van der Waals surface area (Å²) in [6, 6.07) is 0.855. The number of ether oxygens (including phenoxy) is 1. The number of hydroxylamine groups is 2. The third-order valence-corrected chi connectivity index (χ3v) is 15.5. The van der Waals surface area contributed by atoms with Gasteiger partial charge in [-0.1, -0.05) is 33.6 Å². The van der Waals surface area contributed by atoms with Gasteiger partial charge in [-0.15, -0.1) is 0 Å². The van der Waals surface area contributed by atoms with E-state index in [-0.39, 0.29) is 36.4 Å². The third-order valence-electron chi connectivity index (χ3n) is 15.5. The molecule has 0 aromatic heterocycles. The number of carbonyl (C=O) groups excluding carboxylic acids is 1. The van der Waals surface area contributed by atoms with Gasteiger partial charge in [-0.05, 0) is 146 Å². The second-order valence-corrected chi connectivity index (χ2v) is 19.0. The first-order valence-corrected chi connectivity index (χ1v) is 21.2. The summed E-state index contributed by atoms with van der Waals surface area (Å²) in [7, 11) is 6.41. The van der Waals surface area contributed by atoms with E-state index >= 15 is 0 Å². The normalized spacial score (nSPS) is 43.5. The van der Waals surface area contributed by atoms with Crippen molar-refractivity contribution in [2.75, 3.05) is 53.9 Å². The number of nitrogens with two attached hydrogens (primary N) is 1. The molecule has 10 nitrogen and oxygen atoms in total. The molecule has 0 spiro atoms. The SMILES string of the molecule is COC1C(CN2O[C@@H](CN)[C@@H]([C@H](C)O)[C@H]2C(=O)NC2C[C@H]3C[C@@H]([C@@H]2C)C3(C)C)CCCC1C1CC(CNCCC2CCCCN2)CC(N(C)C)C1. The number of nitrogens with one attached hydrogen (secondary N) is 3. The quantitative estimate of drug-likeness (QED) is 0.170. The summed E-state index contributed by atoms with van der Waals surface area (Å²) in [4.78, 5) is 23.3. The van der Waals surface area contributed by atoms with E-state index in [0.717, 1.165) is 25.9 Å². The number of hydrogen-bond acceptors (Lipinski definition) is 9. The van der Waals surface area contributed by atoms with E-state index in [1.807, 2.05) is 12.2 Å². The minimum atomic E-state index is -0.706. The van der Waals surface area contributed by atoms with Crippen molar-refractivity contribution in [2.45, 2.75) is 147 Å². The summed E-state index contributed by atoms with van der Waals surface area (Å²) in [5.74, 6) is 3.36. The van der Waals surface area contributed by atoms with E-state index in [9.17, 15) is 9.90 Å². The van der Waals surface area contributed by atoms with Gasteiger partial charge in [-0.3, -0.25) is 9.63 Å². The number of methoxy groups -OCH3 is 1. The topological polar surface area (TPSA) is 124 Å². The summed E-state index contributed by atoms with van der Waals surface area (Å²) in [5.41, 5.74) is 6.61. The van der Waals surface area contributed by atoms with Crippen LogP contribution < -0.4 is 21.7 Å². The van der Waals surface area contributed by atoms with Crippen LogP contribution >= 0.6 is 0 Å². The van der Waals surface area contributed by atoms with E-state index in [2.05, 4.69) is 55.7 Å². The van der Waals surface area contributed by atoms with Crippen LogP contribution in [0.4, 0.5) is 0 Å². The highest BCUT2D eigenvalue weighted by Crippen LogP contribution is 2.61. The smallest absolute Gasteiger partial charge is 0.240 e. The molecule has 2 aliphatic heterocycles. The van der Waals surface area contributed by atoms with Gasteiger partial charge in [0.25, 0.3) is 0 Å². The van der Waals surface area contributed by atoms with Crippen LogP contribution in [0.5, 0.6) is 0 Å². The van der Waals surface area contributed by atoms with Crippen molar-refractivity contribution in [2.24, 2.45) is 58.5 Å². The molecule has 51 heavy (non-hydrogen) atoms. The molecule has 7 rings (SSSR count). The molecule has 7 fully saturated rings. The number of piperidine rings is 1. The van der Waals surface area contributed by atoms with Crippen LogP contribution in [0.2, 0.25) is 0 Å². The largest absolute Gasteiger partial charge is 0.393 e. The Morgan fingerprint density at radius 3 is 2.57 bits per heavy atom. The van der Waals surface area contributed by atoms with Gasteiger partial charge in [0.15, 0.2) is 0 Å². The predicted molar refractivity (Wildman–Crippen MR) is 204 cm³/mol. The molecule has 5 aliphatic carbocycles. The number of hydrogen-bond donors (Lipinski definition) is 5. The first kappa shape index (κ1) is 39.8. The van der Waals surface area contributed by atoms with Crippen molar-refractivity contribution >= 4 is 5.91 Å². The molecule has 8 unspecified atom stereocenters. The van der Waals surface area contributed by atoms with Crippen molar-refractivity contribution in [3.8, 4) is 0 Å². The lowest BCUT2D eigenvalue weighted by molar-refractivity contribution is -0.186. The van der Waals surface area contributed by atoms with Crippen LogP contribution in [0.25, 0.3) is 0 Å². The number of fused-ring (bicyclic) bond motifs is 2. The van der Waals surface area contributed by atoms with Gasteiger partial charge in [0.1, 0.15) is 6.04 Å². The van der Waals surface area contributed by atoms with Gasteiger partial charge in [-0.25, -0.2) is 0 Å². The summed E-state index contributed by atoms with van der Waals surface area (Å²) >= 11 is 0. The molecule has 1 amide bonds. The van der Waals surface area contributed by atoms with Gasteiger partial charge in [0.05, 0.1) is 18.3 Å². The Hall–Kier alpha value is -0.850. The highest BCUT2D eigenvalue weighted by molar-refractivity contribution is 5.82. The Balaban J connectivity index is 1.11. The molecule has 0 radical (unpaired) electrons. The van der Waals surface area contributed by atoms with Crippen molar-refractivity contribution in [1.82, 2.24) is 25.9 Å². The van der Waals surface area contributed by atoms with Crippen molar-refractivity contribution in [1.29, 1.82) is 0 Å². The van der Waals surface area contributed by atoms with Crippen molar-refractivity contribution < 1.29 is 19.5 Å². The Labute approximate surface area is 310 Å². The fourth-order valence-electron chi connectivity index (χ4n) is 12.3. The number of rotatable bonds is 14. The first-order valence-electron chi connectivity index (χ1n) is 21.2. The Morgan fingerprint density at radius 2 is 1.92 bits per heavy atom. The zero-order valence-corrected chi connectivity index (χ0v) is 33.3. The van der Waals surface area contributed by atoms with Crippen molar-refractivity contribution in [3.63, 3.8) is 0 Å². The van der Waals surface area contributed by atoms with Crippen LogP contribution in [0, 0.1) is 52.8 Å². The van der Waals surface area contributed by atoms with E-state index in [1.54, 1.807) is 6.92 Å². The highest BCUT2D eigenvalue weighted by atomic mass is 16.7. The van der Waals surface area contributed by atoms with Crippen molar-refractivity contribution in [3.05, 3.63) is 0 Å². The van der Waals surface area contributed by atoms with E-state index in [4.69, 9.17) is 15.3 Å². The molecule has 7 aliphatic rings. The molecule has 10 heteroatoms. The second-order valence-electron chi connectivity index (χ2n) is 19.0. The Bertz CT molecular complexity index is 1120. The lowest BCUT2D eigenvalue weighted by Gasteiger charge is -2.62. The molecule has 6 N–H and O–H groups in total. The Kier molecular flexibility index (Phi) is 13.5. The third kappa shape index (κ3) is 8.69. The number of carbonyl (C=O) groups is 1. The van der Waals surface area contributed by atoms with Gasteiger partial charge in [-0.2, -0.15) is 5.06 Å². The maximum atomic E-state index is 14.3. The van der Waals surface area contributed by atoms with E-state index in [1.165, 1.54) is 70.8 Å². The molecule has 0 aromatic rings. The van der Waals surface area contributed by atoms with E-state index in [0.29, 0.717) is 59.6 Å². The Morgan fingerprint density at radius 1 is 1.12 bits per heavy atom. The molecule has 294 valence electrons. The summed E-state index contributed by atoms with van der Waals surface area (Å²) < 4.78 is 6.48. The first-order chi connectivity index (χ1) is 24.4. The molecule has 2 bridgehead atoms. The van der Waals surface area contributed by atoms with Crippen LogP contribution in [0.1, 0.15) is 105 Å². The van der Waals surface area contributed by atoms with Crippen LogP contribution in [0.15, 0.2) is 0 Å². The highest BCUT2D eigenvalue weighted by Gasteiger charge is 2.57. The zero-order chi connectivity index (χ0) is 36.4. The molecular weight excluding hydrogens is 640 g/mol. The lowest BCUT2D eigenvalue weighted by Crippen LogP contribution is -2.62. The molecule has 0 aromatic carbocycles. The van der Waals surface area contributed by atoms with Crippen LogP contribution in [-0.2, 0) is 14.4 Å². The second kappa shape index (κ2) is 17.3. The molecular formula is C41H76N6O4. The molecule has 2 heterocycles. The monoisotopic (exact) mass is 717 g/mol. The van der Waals surface area contributed by atoms with E-state index < -0.39 is 18.2 Å². The summed E-state index contributed by atoms with van der Waals surface area (Å²) in [6.07, 6.45) is 13.7. The average molecular weight is 717 g/mol. The average Bonchev–Trinajstić information content (AvgIpc) is 3.49. The van der Waals surface area contributed by atoms with Crippen LogP contribution in [0.3, 0.4) is 0 Å². The van der Waals surface area contributed by atoms with Crippen LogP contribution in [-0.4, -0.2) is 117 Å². The van der Waals surface area contributed by atoms with Gasteiger partial charge < -0.3 is 36.4 Å². The minimum Gasteiger partial charge on any atom is -0.393 e. The molecule has 2 saturated heterocycles. The lowest BCUT2D eigenvalue weighted by atomic mass is 9.45. The maximum absolute atomic E-state index is 14.3.